The summed E-state index contributed by atoms with van der Waals surface area (Å²) in [5.41, 5.74) is 1.63. The lowest BCUT2D eigenvalue weighted by Gasteiger charge is -2.31. The van der Waals surface area contributed by atoms with Crippen LogP contribution in [0.4, 0.5) is 0 Å². The number of hydrogen-bond acceptors (Lipinski definition) is 3. The van der Waals surface area contributed by atoms with Crippen LogP contribution < -0.4 is 10.1 Å². The van der Waals surface area contributed by atoms with Crippen molar-refractivity contribution >= 4 is 50.9 Å². The van der Waals surface area contributed by atoms with Gasteiger partial charge in [-0.25, -0.2) is 0 Å². The van der Waals surface area contributed by atoms with Crippen LogP contribution in [0.2, 0.25) is 10.0 Å². The number of benzene rings is 3. The molecule has 0 heterocycles. The zero-order valence-electron chi connectivity index (χ0n) is 19.3. The van der Waals surface area contributed by atoms with Gasteiger partial charge in [0, 0.05) is 34.0 Å². The van der Waals surface area contributed by atoms with E-state index >= 15 is 0 Å². The van der Waals surface area contributed by atoms with Crippen LogP contribution in [0.1, 0.15) is 24.5 Å². The Balaban J connectivity index is 1.91. The molecule has 1 N–H and O–H groups in total. The summed E-state index contributed by atoms with van der Waals surface area (Å²) in [4.78, 5) is 28.3. The minimum atomic E-state index is -0.753. The Labute approximate surface area is 224 Å². The van der Waals surface area contributed by atoms with Crippen LogP contribution in [-0.2, 0) is 22.6 Å². The van der Waals surface area contributed by atoms with Crippen LogP contribution >= 0.6 is 39.1 Å². The summed E-state index contributed by atoms with van der Waals surface area (Å²) in [6.45, 7) is 2.41. The van der Waals surface area contributed by atoms with Gasteiger partial charge < -0.3 is 15.0 Å². The fourth-order valence-electron chi connectivity index (χ4n) is 3.51. The first-order chi connectivity index (χ1) is 16.9. The summed E-state index contributed by atoms with van der Waals surface area (Å²) < 4.78 is 6.66. The summed E-state index contributed by atoms with van der Waals surface area (Å²) in [5.74, 6) is 0.00497. The molecule has 0 aliphatic rings. The maximum absolute atomic E-state index is 13.5. The average molecular weight is 578 g/mol. The number of amides is 2. The van der Waals surface area contributed by atoms with Crippen molar-refractivity contribution in [3.63, 3.8) is 0 Å². The Bertz CT molecular complexity index is 1130. The molecule has 0 spiro atoms. The van der Waals surface area contributed by atoms with Gasteiger partial charge in [-0.2, -0.15) is 0 Å². The predicted molar refractivity (Wildman–Crippen MR) is 144 cm³/mol. The predicted octanol–water partition coefficient (Wildman–Crippen LogP) is 6.30. The lowest BCUT2D eigenvalue weighted by molar-refractivity contribution is -0.142. The van der Waals surface area contributed by atoms with Crippen molar-refractivity contribution in [2.75, 3.05) is 13.2 Å². The molecule has 3 aromatic rings. The number of nitrogens with zero attached hydrogens (tertiary/aromatic N) is 1. The maximum atomic E-state index is 13.5. The Kier molecular flexibility index (Phi) is 10.5. The first-order valence-corrected chi connectivity index (χ1v) is 12.9. The smallest absolute Gasteiger partial charge is 0.261 e. The van der Waals surface area contributed by atoms with Gasteiger partial charge in [0.15, 0.2) is 6.61 Å². The van der Waals surface area contributed by atoms with E-state index in [4.69, 9.17) is 27.9 Å². The van der Waals surface area contributed by atoms with Gasteiger partial charge in [0.05, 0.1) is 0 Å². The number of carbonyl (C=O) groups excluding carboxylic acids is 2. The number of halogens is 3. The minimum absolute atomic E-state index is 0.135. The Morgan fingerprint density at radius 1 is 1.03 bits per heavy atom. The van der Waals surface area contributed by atoms with Crippen molar-refractivity contribution in [3.05, 3.63) is 98.4 Å². The zero-order chi connectivity index (χ0) is 25.2. The molecule has 0 bridgehead atoms. The SMILES string of the molecule is CCCNC(=O)C(Cc1ccccc1)N(Cc1ccc(Cl)cc1Cl)C(=O)COc1ccc(Br)cc1. The molecule has 5 nitrogen and oxygen atoms in total. The molecule has 2 amide bonds. The van der Waals surface area contributed by atoms with E-state index in [0.29, 0.717) is 34.3 Å². The third-order valence-corrected chi connectivity index (χ3v) is 6.47. The Morgan fingerprint density at radius 3 is 2.40 bits per heavy atom. The van der Waals surface area contributed by atoms with Gasteiger partial charge in [0.2, 0.25) is 5.91 Å². The molecule has 0 saturated carbocycles. The summed E-state index contributed by atoms with van der Waals surface area (Å²) >= 11 is 15.9. The van der Waals surface area contributed by atoms with Gasteiger partial charge >= 0.3 is 0 Å². The molecule has 184 valence electrons. The number of rotatable bonds is 11. The van der Waals surface area contributed by atoms with E-state index in [1.165, 1.54) is 4.90 Å². The van der Waals surface area contributed by atoms with Gasteiger partial charge in [0.25, 0.3) is 5.91 Å². The molecular weight excluding hydrogens is 551 g/mol. The number of nitrogens with one attached hydrogen (secondary N) is 1. The Hall–Kier alpha value is -2.54. The van der Waals surface area contributed by atoms with Crippen LogP contribution in [0.15, 0.2) is 77.3 Å². The van der Waals surface area contributed by atoms with Gasteiger partial charge in [0.1, 0.15) is 11.8 Å². The van der Waals surface area contributed by atoms with Crippen LogP contribution in [0.5, 0.6) is 5.75 Å². The van der Waals surface area contributed by atoms with Crippen LogP contribution in [0.3, 0.4) is 0 Å². The molecule has 0 saturated heterocycles. The lowest BCUT2D eigenvalue weighted by atomic mass is 10.0. The van der Waals surface area contributed by atoms with E-state index < -0.39 is 6.04 Å². The normalized spacial score (nSPS) is 11.5. The second-order valence-electron chi connectivity index (χ2n) is 8.00. The van der Waals surface area contributed by atoms with Crippen molar-refractivity contribution in [1.29, 1.82) is 0 Å². The molecule has 35 heavy (non-hydrogen) atoms. The van der Waals surface area contributed by atoms with Crippen LogP contribution in [0, 0.1) is 0 Å². The van der Waals surface area contributed by atoms with Gasteiger partial charge in [-0.15, -0.1) is 0 Å². The largest absolute Gasteiger partial charge is 0.484 e. The molecule has 0 aromatic heterocycles. The third-order valence-electron chi connectivity index (χ3n) is 5.35. The average Bonchev–Trinajstić information content (AvgIpc) is 2.86. The fraction of sp³-hybridized carbons (Fsp3) is 0.259. The maximum Gasteiger partial charge on any atom is 0.261 e. The van der Waals surface area contributed by atoms with Crippen molar-refractivity contribution in [2.45, 2.75) is 32.4 Å². The van der Waals surface area contributed by atoms with E-state index in [9.17, 15) is 9.59 Å². The van der Waals surface area contributed by atoms with Crippen LogP contribution in [-0.4, -0.2) is 35.9 Å². The highest BCUT2D eigenvalue weighted by Crippen LogP contribution is 2.24. The minimum Gasteiger partial charge on any atom is -0.484 e. The number of hydrogen-bond donors (Lipinski definition) is 1. The first-order valence-electron chi connectivity index (χ1n) is 11.3. The van der Waals surface area contributed by atoms with Crippen molar-refractivity contribution < 1.29 is 14.3 Å². The zero-order valence-corrected chi connectivity index (χ0v) is 22.4. The number of ether oxygens (including phenoxy) is 1. The second-order valence-corrected chi connectivity index (χ2v) is 9.76. The van der Waals surface area contributed by atoms with E-state index in [1.807, 2.05) is 49.4 Å². The molecule has 3 aromatic carbocycles. The van der Waals surface area contributed by atoms with Gasteiger partial charge in [-0.1, -0.05) is 82.5 Å². The summed E-state index contributed by atoms with van der Waals surface area (Å²) in [6, 6.07) is 21.2. The van der Waals surface area contributed by atoms with E-state index in [0.717, 1.165) is 16.5 Å². The summed E-state index contributed by atoms with van der Waals surface area (Å²) in [7, 11) is 0. The molecule has 0 aliphatic heterocycles. The van der Waals surface area contributed by atoms with Crippen LogP contribution in [0.25, 0.3) is 0 Å². The molecule has 3 rings (SSSR count). The molecule has 0 aliphatic carbocycles. The van der Waals surface area contributed by atoms with Crippen molar-refractivity contribution in [2.24, 2.45) is 0 Å². The molecule has 8 heteroatoms. The quantitative estimate of drug-likeness (QED) is 0.291. The van der Waals surface area contributed by atoms with E-state index in [2.05, 4.69) is 21.2 Å². The third kappa shape index (κ3) is 8.27. The number of carbonyl (C=O) groups is 2. The molecule has 0 fully saturated rings. The first kappa shape index (κ1) is 27.1. The summed E-state index contributed by atoms with van der Waals surface area (Å²) in [5, 5.41) is 3.87. The monoisotopic (exact) mass is 576 g/mol. The molecule has 1 unspecified atom stereocenters. The highest BCUT2D eigenvalue weighted by molar-refractivity contribution is 9.10. The van der Waals surface area contributed by atoms with Gasteiger partial charge in [-0.05, 0) is 53.9 Å². The fourth-order valence-corrected chi connectivity index (χ4v) is 4.24. The topological polar surface area (TPSA) is 58.6 Å². The van der Waals surface area contributed by atoms with E-state index in [-0.39, 0.29) is 25.0 Å². The lowest BCUT2D eigenvalue weighted by Crippen LogP contribution is -2.51. The highest BCUT2D eigenvalue weighted by Gasteiger charge is 2.31. The second kappa shape index (κ2) is 13.5. The highest BCUT2D eigenvalue weighted by atomic mass is 79.9. The Morgan fingerprint density at radius 2 is 1.74 bits per heavy atom. The standard InChI is InChI=1S/C27H27BrCl2N2O3/c1-2-14-31-27(34)25(15-19-6-4-3-5-7-19)32(17-20-8-11-22(29)16-24(20)30)26(33)18-35-23-12-9-21(28)10-13-23/h3-13,16,25H,2,14-15,17-18H2,1H3,(H,31,34). The molecule has 0 radical (unpaired) electrons. The van der Waals surface area contributed by atoms with Gasteiger partial charge in [-0.3, -0.25) is 9.59 Å². The molecular formula is C27H27BrCl2N2O3. The van der Waals surface area contributed by atoms with Crippen molar-refractivity contribution in [1.82, 2.24) is 10.2 Å². The molecule has 1 atom stereocenters. The van der Waals surface area contributed by atoms with Crippen molar-refractivity contribution in [3.8, 4) is 5.75 Å². The van der Waals surface area contributed by atoms with E-state index in [1.54, 1.807) is 30.3 Å². The summed E-state index contributed by atoms with van der Waals surface area (Å²) in [6.07, 6.45) is 1.14.